The van der Waals surface area contributed by atoms with Crippen molar-refractivity contribution in [2.24, 2.45) is 58.0 Å². The van der Waals surface area contributed by atoms with E-state index in [9.17, 15) is 4.79 Å². The van der Waals surface area contributed by atoms with Crippen molar-refractivity contribution >= 4 is 11.9 Å². The quantitative estimate of drug-likeness (QED) is 0.307. The Morgan fingerprint density at radius 3 is 2.69 bits per heavy atom. The van der Waals surface area contributed by atoms with Crippen LogP contribution in [0.1, 0.15) is 123 Å². The molecule has 0 amide bonds. The molecule has 0 radical (unpaired) electrons. The van der Waals surface area contributed by atoms with Crippen molar-refractivity contribution < 1.29 is 19.1 Å². The number of nitrogens with two attached hydrogens (primary N) is 1. The minimum atomic E-state index is -1.00. The zero-order valence-corrected chi connectivity index (χ0v) is 37.8. The van der Waals surface area contributed by atoms with Gasteiger partial charge in [0.25, 0.3) is 0 Å². The first-order valence-corrected chi connectivity index (χ1v) is 25.8. The van der Waals surface area contributed by atoms with Crippen LogP contribution in [-0.2, 0) is 39.1 Å². The van der Waals surface area contributed by atoms with E-state index in [0.717, 1.165) is 113 Å². The standard InChI is InChI=1S/C57H65N3O4/c1-33-25-39-18-19-46-41-28-36-30-59(32-41)45(37-12-3-4-13-37)20-21-48-55-23-22-42-44-29-40(49(33)51(42)52(39)60(46)31-36)27-35-11-6-10-34(26-35)9-2-5-17-47(56(44,55)54(62)63-48)57(55)43-16-7-14-38(15-8-24-58)50(43)53(61)64-57/h6-7,10-11,14,16,18-19,21,26,29,33,36-37,41,45-47,49,51H,2-5,8-9,12-13,15,17,20,22-25,27-28,30-32,58H2,1H3. The molecule has 0 aromatic heterocycles. The molecule has 17 rings (SSSR count). The van der Waals surface area contributed by atoms with Crippen LogP contribution in [0.3, 0.4) is 0 Å². The number of aryl methyl sites for hydroxylation is 2. The van der Waals surface area contributed by atoms with Crippen LogP contribution in [0.4, 0.5) is 0 Å². The highest BCUT2D eigenvalue weighted by atomic mass is 16.6. The molecule has 2 aromatic rings. The van der Waals surface area contributed by atoms with Gasteiger partial charge in [0.1, 0.15) is 11.2 Å². The number of esters is 2. The summed E-state index contributed by atoms with van der Waals surface area (Å²) in [6, 6.07) is 16.7. The molecule has 6 aliphatic carbocycles. The molecule has 12 unspecified atom stereocenters. The molecule has 2 N–H and O–H groups in total. The van der Waals surface area contributed by atoms with E-state index in [1.54, 1.807) is 5.70 Å². The van der Waals surface area contributed by atoms with E-state index in [1.165, 1.54) is 65.5 Å². The highest BCUT2D eigenvalue weighted by molar-refractivity contribution is 6.00. The van der Waals surface area contributed by atoms with Crippen LogP contribution in [0.5, 0.6) is 0 Å². The van der Waals surface area contributed by atoms with Crippen LogP contribution in [-0.4, -0.2) is 60.0 Å². The van der Waals surface area contributed by atoms with Gasteiger partial charge in [0.2, 0.25) is 0 Å². The van der Waals surface area contributed by atoms with Crippen molar-refractivity contribution in [3.8, 4) is 0 Å². The predicted molar refractivity (Wildman–Crippen MR) is 246 cm³/mol. The molecule has 9 aliphatic heterocycles. The van der Waals surface area contributed by atoms with E-state index >= 15 is 4.79 Å². The Balaban J connectivity index is 1.07. The Labute approximate surface area is 379 Å². The summed E-state index contributed by atoms with van der Waals surface area (Å²) in [4.78, 5) is 36.9. The largest absolute Gasteiger partial charge is 0.449 e. The van der Waals surface area contributed by atoms with Gasteiger partial charge in [-0.15, -0.1) is 0 Å². The lowest BCUT2D eigenvalue weighted by Crippen LogP contribution is -2.77. The Morgan fingerprint density at radius 2 is 1.80 bits per heavy atom. The zero-order valence-electron chi connectivity index (χ0n) is 37.8. The van der Waals surface area contributed by atoms with Gasteiger partial charge in [0, 0.05) is 48.8 Å². The lowest BCUT2D eigenvalue weighted by molar-refractivity contribution is -0.275. The number of ether oxygens (including phenoxy) is 2. The molecule has 2 saturated carbocycles. The molecule has 9 heterocycles. The summed E-state index contributed by atoms with van der Waals surface area (Å²) >= 11 is 0. The number of nitrogens with zero attached hydrogens (tertiary/aromatic N) is 2. The van der Waals surface area contributed by atoms with E-state index in [1.807, 2.05) is 0 Å². The van der Waals surface area contributed by atoms with Gasteiger partial charge in [-0.3, -0.25) is 9.69 Å². The molecule has 2 aromatic carbocycles. The first-order chi connectivity index (χ1) is 31.4. The summed E-state index contributed by atoms with van der Waals surface area (Å²) in [6.07, 6.45) is 26.4. The van der Waals surface area contributed by atoms with Crippen LogP contribution < -0.4 is 5.73 Å². The Morgan fingerprint density at radius 1 is 0.938 bits per heavy atom. The number of hydrogen-bond donors (Lipinski definition) is 1. The fraction of sp³-hybridized carbons (Fsp3) is 0.579. The van der Waals surface area contributed by atoms with E-state index < -0.39 is 16.4 Å². The van der Waals surface area contributed by atoms with E-state index in [4.69, 9.17) is 15.2 Å². The van der Waals surface area contributed by atoms with Gasteiger partial charge in [-0.2, -0.15) is 0 Å². The van der Waals surface area contributed by atoms with E-state index in [-0.39, 0.29) is 23.8 Å². The van der Waals surface area contributed by atoms with Crippen LogP contribution >= 0.6 is 0 Å². The second-order valence-corrected chi connectivity index (χ2v) is 22.7. The monoisotopic (exact) mass is 855 g/mol. The summed E-state index contributed by atoms with van der Waals surface area (Å²) in [5, 5.41) is 0. The normalized spacial score (nSPS) is 41.0. The minimum absolute atomic E-state index is 0.0825. The number of fused-ring (bicyclic) bond motifs is 6. The van der Waals surface area contributed by atoms with Crippen molar-refractivity contribution in [2.75, 3.05) is 26.2 Å². The van der Waals surface area contributed by atoms with Crippen LogP contribution in [0, 0.1) is 52.3 Å². The molecule has 7 heteroatoms. The molecular formula is C57H65N3O4. The number of carbonyl (C=O) groups is 2. The maximum atomic E-state index is 16.1. The number of allylic oxidation sites excluding steroid dienone is 5. The number of piperidine rings is 2. The number of carbonyl (C=O) groups excluding carboxylic acids is 2. The van der Waals surface area contributed by atoms with Crippen LogP contribution in [0.15, 0.2) is 101 Å². The maximum Gasteiger partial charge on any atom is 0.339 e. The van der Waals surface area contributed by atoms with Gasteiger partial charge in [-0.05, 0) is 154 Å². The fourth-order valence-corrected chi connectivity index (χ4v) is 18.0. The lowest BCUT2D eigenvalue weighted by Gasteiger charge is -2.71. The van der Waals surface area contributed by atoms with Crippen LogP contribution in [0.25, 0.3) is 0 Å². The van der Waals surface area contributed by atoms with Gasteiger partial charge in [-0.1, -0.05) is 98.0 Å². The predicted octanol–water partition coefficient (Wildman–Crippen LogP) is 9.67. The van der Waals surface area contributed by atoms with Crippen molar-refractivity contribution in [2.45, 2.75) is 127 Å². The molecule has 5 fully saturated rings. The van der Waals surface area contributed by atoms with E-state index in [0.29, 0.717) is 48.2 Å². The number of benzene rings is 2. The molecule has 7 nitrogen and oxygen atoms in total. The van der Waals surface area contributed by atoms with Gasteiger partial charge in [-0.25, -0.2) is 4.79 Å². The van der Waals surface area contributed by atoms with Gasteiger partial charge < -0.3 is 20.1 Å². The average Bonchev–Trinajstić information content (AvgIpc) is 4.00. The number of rotatable bonds is 4. The molecule has 15 aliphatic rings. The first kappa shape index (κ1) is 39.0. The van der Waals surface area contributed by atoms with Crippen molar-refractivity contribution in [1.29, 1.82) is 0 Å². The third-order valence-corrected chi connectivity index (χ3v) is 20.0. The van der Waals surface area contributed by atoms with Gasteiger partial charge >= 0.3 is 11.9 Å². The van der Waals surface area contributed by atoms with Crippen LogP contribution in [0.2, 0.25) is 0 Å². The highest BCUT2D eigenvalue weighted by Crippen LogP contribution is 2.87. The first-order valence-electron chi connectivity index (χ1n) is 25.8. The molecule has 12 atom stereocenters. The smallest absolute Gasteiger partial charge is 0.339 e. The summed E-state index contributed by atoms with van der Waals surface area (Å²) in [5.74, 6) is 3.18. The number of hydrogen-bond acceptors (Lipinski definition) is 7. The topological polar surface area (TPSA) is 85.1 Å². The molecule has 3 spiro atoms. The molecule has 15 bridgehead atoms. The molecule has 3 saturated heterocycles. The summed E-state index contributed by atoms with van der Waals surface area (Å²) < 4.78 is 14.4. The molecule has 332 valence electrons. The third kappa shape index (κ3) is 4.81. The van der Waals surface area contributed by atoms with Crippen molar-refractivity contribution in [1.82, 2.24) is 9.80 Å². The summed E-state index contributed by atoms with van der Waals surface area (Å²) in [7, 11) is 0. The second kappa shape index (κ2) is 13.9. The minimum Gasteiger partial charge on any atom is -0.449 e. The Bertz CT molecular complexity index is 2560. The fourth-order valence-electron chi connectivity index (χ4n) is 18.0. The summed E-state index contributed by atoms with van der Waals surface area (Å²) in [6.45, 7) is 6.49. The maximum absolute atomic E-state index is 16.1. The van der Waals surface area contributed by atoms with Gasteiger partial charge in [0.15, 0.2) is 5.60 Å². The van der Waals surface area contributed by atoms with E-state index in [2.05, 4.69) is 83.5 Å². The van der Waals surface area contributed by atoms with Crippen molar-refractivity contribution in [3.05, 3.63) is 128 Å². The summed E-state index contributed by atoms with van der Waals surface area (Å²) in [5.41, 5.74) is 16.2. The van der Waals surface area contributed by atoms with Crippen molar-refractivity contribution in [3.63, 3.8) is 0 Å². The third-order valence-electron chi connectivity index (χ3n) is 20.0. The average molecular weight is 856 g/mol. The zero-order chi connectivity index (χ0) is 42.7. The Hall–Kier alpha value is -4.20. The van der Waals surface area contributed by atoms with Gasteiger partial charge in [0.05, 0.1) is 17.0 Å². The second-order valence-electron chi connectivity index (χ2n) is 22.7. The highest BCUT2D eigenvalue weighted by Gasteiger charge is 2.92. The molecule has 64 heavy (non-hydrogen) atoms. The SMILES string of the molecule is CC1CC2=C3C4C5=C6C=C(Cc7cccc(c7)CCCCC7C68C(=O)OC(=CCC(C6CCCC6)N6CC9CC(C6)C(C=C2)N3C9)C8(CC5)C72OC(=O)c3c(CCCN)cccc32)C14. The Kier molecular flexibility index (Phi) is 8.48. The molecular weight excluding hydrogens is 791 g/mol. The lowest BCUT2D eigenvalue weighted by atomic mass is 9.29.